The van der Waals surface area contributed by atoms with Gasteiger partial charge in [0.2, 0.25) is 0 Å². The Labute approximate surface area is 192 Å². The first-order valence-corrected chi connectivity index (χ1v) is 11.9. The van der Waals surface area contributed by atoms with E-state index >= 15 is 0 Å². The van der Waals surface area contributed by atoms with Crippen molar-refractivity contribution in [3.8, 4) is 22.8 Å². The molecule has 8 nitrogen and oxygen atoms in total. The fraction of sp³-hybridized carbons (Fsp3) is 0.318. The van der Waals surface area contributed by atoms with Crippen LogP contribution in [0.15, 0.2) is 30.3 Å². The van der Waals surface area contributed by atoms with Crippen LogP contribution in [-0.2, 0) is 23.2 Å². The van der Waals surface area contributed by atoms with Gasteiger partial charge in [-0.1, -0.05) is 6.07 Å². The van der Waals surface area contributed by atoms with Crippen molar-refractivity contribution in [2.75, 3.05) is 13.4 Å². The van der Waals surface area contributed by atoms with Gasteiger partial charge in [0.05, 0.1) is 18.9 Å². The molecule has 1 amide bonds. The maximum atomic E-state index is 12.6. The van der Waals surface area contributed by atoms with Crippen molar-refractivity contribution in [2.45, 2.75) is 32.0 Å². The Balaban J connectivity index is 0.00000245. The Morgan fingerprint density at radius 1 is 1.19 bits per heavy atom. The summed E-state index contributed by atoms with van der Waals surface area (Å²) in [6, 6.07) is 10.5. The number of amides is 1. The number of fused-ring (bicyclic) bond motifs is 2. The second-order valence-electron chi connectivity index (χ2n) is 8.04. The zero-order valence-corrected chi connectivity index (χ0v) is 19.3. The fourth-order valence-electron chi connectivity index (χ4n) is 3.97. The number of aromatic nitrogens is 1. The summed E-state index contributed by atoms with van der Waals surface area (Å²) in [6.45, 7) is 0.991. The number of aromatic amines is 1. The van der Waals surface area contributed by atoms with E-state index in [0.29, 0.717) is 22.7 Å². The number of hydrogen-bond acceptors (Lipinski definition) is 6. The average molecular weight is 478 g/mol. The van der Waals surface area contributed by atoms with Crippen LogP contribution < -0.4 is 19.6 Å². The minimum Gasteiger partial charge on any atom is -0.493 e. The molecular formula is C22H24ClN3O5S. The summed E-state index contributed by atoms with van der Waals surface area (Å²) >= 11 is 0. The first-order chi connectivity index (χ1) is 14.8. The van der Waals surface area contributed by atoms with Gasteiger partial charge in [0.1, 0.15) is 0 Å². The molecule has 32 heavy (non-hydrogen) atoms. The van der Waals surface area contributed by atoms with Gasteiger partial charge in [-0.25, -0.2) is 0 Å². The number of carbonyl (C=O) groups is 1. The van der Waals surface area contributed by atoms with Crippen LogP contribution in [0.1, 0.15) is 34.3 Å². The zero-order valence-electron chi connectivity index (χ0n) is 17.7. The summed E-state index contributed by atoms with van der Waals surface area (Å²) in [5.41, 5.74) is 4.39. The largest absolute Gasteiger partial charge is 0.493 e. The normalized spacial score (nSPS) is 15.2. The van der Waals surface area contributed by atoms with E-state index in [1.165, 1.54) is 25.5 Å². The van der Waals surface area contributed by atoms with Crippen LogP contribution in [0.2, 0.25) is 0 Å². The smallest absolute Gasteiger partial charge is 0.306 e. The van der Waals surface area contributed by atoms with Gasteiger partial charge in [-0.3, -0.25) is 4.79 Å². The molecule has 170 valence electrons. The van der Waals surface area contributed by atoms with E-state index in [1.54, 1.807) is 6.07 Å². The third-order valence-electron chi connectivity index (χ3n) is 5.60. The van der Waals surface area contributed by atoms with Gasteiger partial charge in [-0.2, -0.15) is 8.42 Å². The van der Waals surface area contributed by atoms with Crippen LogP contribution in [0.4, 0.5) is 0 Å². The molecule has 3 N–H and O–H groups in total. The molecule has 0 spiro atoms. The van der Waals surface area contributed by atoms with E-state index in [4.69, 9.17) is 8.92 Å². The number of nitrogens with one attached hydrogen (secondary N) is 3. The van der Waals surface area contributed by atoms with Crippen LogP contribution in [0.5, 0.6) is 11.5 Å². The maximum Gasteiger partial charge on any atom is 0.306 e. The SMILES string of the molecule is COc1cc(-c2cc3cc(CNC4CC4)ccc3[nH]2)c2c(c1OS(C)(=O)=O)CNC2=O.Cl. The van der Waals surface area contributed by atoms with Crippen molar-refractivity contribution >= 4 is 39.3 Å². The van der Waals surface area contributed by atoms with Crippen molar-refractivity contribution in [3.05, 3.63) is 47.0 Å². The van der Waals surface area contributed by atoms with Crippen LogP contribution in [-0.4, -0.2) is 38.7 Å². The monoisotopic (exact) mass is 477 g/mol. The van der Waals surface area contributed by atoms with Crippen molar-refractivity contribution in [1.82, 2.24) is 15.6 Å². The van der Waals surface area contributed by atoms with E-state index in [0.717, 1.165) is 29.4 Å². The lowest BCUT2D eigenvalue weighted by molar-refractivity contribution is 0.0966. The molecule has 1 aromatic heterocycles. The Bertz CT molecular complexity index is 1310. The topological polar surface area (TPSA) is 110 Å². The van der Waals surface area contributed by atoms with Crippen LogP contribution in [0.3, 0.4) is 0 Å². The summed E-state index contributed by atoms with van der Waals surface area (Å²) in [4.78, 5) is 16.0. The number of ether oxygens (including phenoxy) is 1. The van der Waals surface area contributed by atoms with E-state index in [2.05, 4.69) is 27.8 Å². The molecule has 1 aliphatic carbocycles. The van der Waals surface area contributed by atoms with Crippen molar-refractivity contribution in [3.63, 3.8) is 0 Å². The minimum absolute atomic E-state index is 0. The fourth-order valence-corrected chi connectivity index (χ4v) is 4.46. The van der Waals surface area contributed by atoms with Gasteiger partial charge in [-0.05, 0) is 42.7 Å². The van der Waals surface area contributed by atoms with Crippen LogP contribution >= 0.6 is 12.4 Å². The second kappa shape index (κ2) is 8.31. The molecule has 0 saturated heterocycles. The lowest BCUT2D eigenvalue weighted by atomic mass is 9.98. The highest BCUT2D eigenvalue weighted by Crippen LogP contribution is 2.43. The highest BCUT2D eigenvalue weighted by atomic mass is 35.5. The van der Waals surface area contributed by atoms with E-state index in [1.807, 2.05) is 12.1 Å². The predicted molar refractivity (Wildman–Crippen MR) is 124 cm³/mol. The zero-order chi connectivity index (χ0) is 21.8. The highest BCUT2D eigenvalue weighted by molar-refractivity contribution is 7.86. The lowest BCUT2D eigenvalue weighted by Gasteiger charge is -2.15. The highest BCUT2D eigenvalue weighted by Gasteiger charge is 2.32. The number of methoxy groups -OCH3 is 1. The molecule has 0 unspecified atom stereocenters. The summed E-state index contributed by atoms with van der Waals surface area (Å²) in [5, 5.41) is 7.31. The van der Waals surface area contributed by atoms with Gasteiger partial charge >= 0.3 is 10.1 Å². The third-order valence-corrected chi connectivity index (χ3v) is 6.07. The molecule has 2 aromatic carbocycles. The van der Waals surface area contributed by atoms with Gasteiger partial charge in [0, 0.05) is 46.9 Å². The summed E-state index contributed by atoms with van der Waals surface area (Å²) < 4.78 is 34.1. The molecule has 10 heteroatoms. The van der Waals surface area contributed by atoms with Gasteiger partial charge in [-0.15, -0.1) is 12.4 Å². The standard InChI is InChI=1S/C22H23N3O5S.ClH/c1-29-19-9-15(20-16(11-24-22(20)26)21(19)30-31(2,27)28)18-8-13-7-12(3-6-17(13)25-18)10-23-14-4-5-14;/h3,6-9,14,23,25H,4-5,10-11H2,1-2H3,(H,24,26);1H. The number of hydrogen-bond donors (Lipinski definition) is 3. The molecule has 2 aliphatic rings. The Morgan fingerprint density at radius 2 is 1.97 bits per heavy atom. The molecular weight excluding hydrogens is 454 g/mol. The molecule has 0 bridgehead atoms. The molecule has 2 heterocycles. The minimum atomic E-state index is -3.79. The Kier molecular flexibility index (Phi) is 5.83. The molecule has 5 rings (SSSR count). The first kappa shape index (κ1) is 22.4. The lowest BCUT2D eigenvalue weighted by Crippen LogP contribution is -2.14. The summed E-state index contributed by atoms with van der Waals surface area (Å²) in [7, 11) is -2.35. The van der Waals surface area contributed by atoms with Gasteiger partial charge in [0.25, 0.3) is 5.91 Å². The third kappa shape index (κ3) is 4.28. The number of benzene rings is 2. The van der Waals surface area contributed by atoms with Crippen LogP contribution in [0.25, 0.3) is 22.2 Å². The number of halogens is 1. The van der Waals surface area contributed by atoms with Gasteiger partial charge in [0.15, 0.2) is 11.5 Å². The average Bonchev–Trinajstić information content (AvgIpc) is 3.33. The Hall–Kier alpha value is -2.75. The predicted octanol–water partition coefficient (Wildman–Crippen LogP) is 3.10. The van der Waals surface area contributed by atoms with Crippen LogP contribution in [0, 0.1) is 0 Å². The number of H-pyrrole nitrogens is 1. The maximum absolute atomic E-state index is 12.6. The number of carbonyl (C=O) groups excluding carboxylic acids is 1. The molecule has 0 atom stereocenters. The molecule has 1 saturated carbocycles. The molecule has 1 aliphatic heterocycles. The summed E-state index contributed by atoms with van der Waals surface area (Å²) in [6.07, 6.45) is 3.44. The van der Waals surface area contributed by atoms with E-state index < -0.39 is 10.1 Å². The summed E-state index contributed by atoms with van der Waals surface area (Å²) in [5.74, 6) is 0.0225. The van der Waals surface area contributed by atoms with E-state index in [9.17, 15) is 13.2 Å². The first-order valence-electron chi connectivity index (χ1n) is 10.1. The quantitative estimate of drug-likeness (QED) is 0.451. The molecule has 3 aromatic rings. The second-order valence-corrected chi connectivity index (χ2v) is 9.61. The van der Waals surface area contributed by atoms with Crippen molar-refractivity contribution < 1.29 is 22.1 Å². The van der Waals surface area contributed by atoms with Gasteiger partial charge < -0.3 is 24.5 Å². The van der Waals surface area contributed by atoms with Crippen molar-refractivity contribution in [2.24, 2.45) is 0 Å². The Morgan fingerprint density at radius 3 is 2.66 bits per heavy atom. The molecule has 0 radical (unpaired) electrons. The van der Waals surface area contributed by atoms with Crippen molar-refractivity contribution in [1.29, 1.82) is 0 Å². The molecule has 1 fully saturated rings. The van der Waals surface area contributed by atoms with E-state index in [-0.39, 0.29) is 36.4 Å². The number of rotatable bonds is 7.